The number of hydrogen-bond acceptors (Lipinski definition) is 17. The predicted molar refractivity (Wildman–Crippen MR) is 316 cm³/mol. The highest BCUT2D eigenvalue weighted by atomic mass is 16.3. The first-order valence-electron chi connectivity index (χ1n) is 31.4. The van der Waals surface area contributed by atoms with Crippen LogP contribution in [0.4, 0.5) is 0 Å². The number of amides is 10. The van der Waals surface area contributed by atoms with Crippen LogP contribution in [0.25, 0.3) is 0 Å². The number of carbonyl (C=O) groups is 11. The largest absolute Gasteiger partial charge is 0.391 e. The molecule has 27 heteroatoms. The van der Waals surface area contributed by atoms with Crippen molar-refractivity contribution in [1.29, 1.82) is 0 Å². The van der Waals surface area contributed by atoms with Gasteiger partial charge in [-0.15, -0.1) is 0 Å². The molecular weight excluding hydrogens is 1100 g/mol. The highest BCUT2D eigenvalue weighted by molar-refractivity contribution is 5.98. The van der Waals surface area contributed by atoms with Crippen molar-refractivity contribution in [3.63, 3.8) is 0 Å². The molecule has 0 saturated carbocycles. The average Bonchev–Trinajstić information content (AvgIpc) is 2.59. The van der Waals surface area contributed by atoms with E-state index in [-0.39, 0.29) is 58.4 Å². The summed E-state index contributed by atoms with van der Waals surface area (Å²) in [4.78, 5) is 156. The Morgan fingerprint density at radius 3 is 1.24 bits per heavy atom. The van der Waals surface area contributed by atoms with Crippen LogP contribution in [-0.4, -0.2) is 220 Å². The average molecular weight is 1200 g/mol. The third-order valence-electron chi connectivity index (χ3n) is 16.8. The van der Waals surface area contributed by atoms with Gasteiger partial charge in [0.25, 0.3) is 0 Å². The summed E-state index contributed by atoms with van der Waals surface area (Å²) in [6.07, 6.45) is 8.76. The van der Waals surface area contributed by atoms with Crippen LogP contribution in [0.2, 0.25) is 0 Å². The van der Waals surface area contributed by atoms with E-state index in [2.05, 4.69) is 31.9 Å². The van der Waals surface area contributed by atoms with Crippen LogP contribution in [0.15, 0.2) is 0 Å². The van der Waals surface area contributed by atoms with Gasteiger partial charge in [-0.2, -0.15) is 0 Å². The van der Waals surface area contributed by atoms with E-state index in [0.717, 1.165) is 6.42 Å². The molecular formula is C58H102N14O13. The Morgan fingerprint density at radius 1 is 0.471 bits per heavy atom. The highest BCUT2D eigenvalue weighted by Gasteiger charge is 2.46. The van der Waals surface area contributed by atoms with Gasteiger partial charge in [0.05, 0.1) is 18.2 Å². The van der Waals surface area contributed by atoms with E-state index >= 15 is 0 Å². The standard InChI is InChI=1S/C58H102N14O13/c1-5-7-20-39(65-51(78)43-24-15-31-69(43)57(84)45-26-17-33-71(45)55(82)41(22-9-12-28-59)67-53(80)47(61)36(3)74)49(76)63-30-14-11-19-38(35-73)64-50(77)40(21-8-6-2)66-52(79)44-25-16-32-70(44)58(85)46-27-18-34-72(46)56(83)42(23-10-13-29-60)68-54(81)48(62)37(4)75/h35-48,74-75H,5-34,59-62H2,1-4H3,(H,63,76)(H,64,77)(H,65,78)(H,66,79)(H,67,80)(H,68,81)/t36-,37-,38-,39+,40+,41+,42+,43+,44?,45+,46?,47+,48+/m1/s1. The summed E-state index contributed by atoms with van der Waals surface area (Å²) in [5.41, 5.74) is 23.1. The van der Waals surface area contributed by atoms with Crippen molar-refractivity contribution in [2.75, 3.05) is 45.8 Å². The van der Waals surface area contributed by atoms with Crippen LogP contribution in [0.5, 0.6) is 0 Å². The van der Waals surface area contributed by atoms with Crippen LogP contribution in [0.3, 0.4) is 0 Å². The van der Waals surface area contributed by atoms with Crippen LogP contribution >= 0.6 is 0 Å². The topological polar surface area (TPSA) is 417 Å². The molecule has 0 aromatic rings. The Morgan fingerprint density at radius 2 is 0.847 bits per heavy atom. The number of likely N-dealkylation sites (tertiary alicyclic amines) is 4. The Bertz CT molecular complexity index is 2230. The maximum Gasteiger partial charge on any atom is 0.246 e. The molecule has 4 heterocycles. The minimum atomic E-state index is -1.27. The second-order valence-corrected chi connectivity index (χ2v) is 23.4. The number of nitrogens with one attached hydrogen (secondary N) is 6. The fourth-order valence-corrected chi connectivity index (χ4v) is 11.6. The third kappa shape index (κ3) is 21.2. The maximum absolute atomic E-state index is 14.3. The number of aliphatic hydroxyl groups excluding tert-OH is 2. The van der Waals surface area contributed by atoms with Crippen molar-refractivity contribution in [2.45, 2.75) is 254 Å². The number of unbranched alkanes of at least 4 members (excludes halogenated alkanes) is 5. The summed E-state index contributed by atoms with van der Waals surface area (Å²) < 4.78 is 0. The first-order chi connectivity index (χ1) is 40.6. The number of rotatable bonds is 37. The predicted octanol–water partition coefficient (Wildman–Crippen LogP) is -2.09. The summed E-state index contributed by atoms with van der Waals surface area (Å²) >= 11 is 0. The molecule has 0 bridgehead atoms. The second kappa shape index (κ2) is 37.0. The summed E-state index contributed by atoms with van der Waals surface area (Å²) in [6.45, 7) is 8.63. The molecule has 0 aromatic carbocycles. The first kappa shape index (κ1) is 71.6. The lowest BCUT2D eigenvalue weighted by molar-refractivity contribution is -0.148. The van der Waals surface area contributed by atoms with E-state index < -0.39 is 138 Å². The summed E-state index contributed by atoms with van der Waals surface area (Å²) in [6, 6.07) is -11.0. The van der Waals surface area contributed by atoms with Gasteiger partial charge in [-0.3, -0.25) is 47.9 Å². The first-order valence-corrected chi connectivity index (χ1v) is 31.4. The molecule has 4 fully saturated rings. The Hall–Kier alpha value is -5.87. The van der Waals surface area contributed by atoms with Crippen LogP contribution < -0.4 is 54.8 Å². The molecule has 0 spiro atoms. The molecule has 0 radical (unpaired) electrons. The van der Waals surface area contributed by atoms with Gasteiger partial charge in [0.15, 0.2) is 0 Å². The normalized spacial score (nSPS) is 21.8. The number of aldehydes is 1. The van der Waals surface area contributed by atoms with Crippen molar-refractivity contribution in [3.05, 3.63) is 0 Å². The molecule has 482 valence electrons. The zero-order valence-corrected chi connectivity index (χ0v) is 50.8. The smallest absolute Gasteiger partial charge is 0.246 e. The SMILES string of the molecule is CCCC[C@H](NC(=O)C1CCCN1C(=O)C1CCCN1C(=O)[C@H](CCCCN)NC(=O)[C@@H](N)[C@@H](C)O)C(=O)N[C@@H](C=O)CCCCNC(=O)[C@H](CCCC)NC(=O)[C@@H]1CCCN1C(=O)[C@@H]1CCCN1C(=O)[C@H](CCCCN)NC(=O)[C@@H](N)[C@@H](C)O. The Labute approximate surface area is 501 Å². The number of aliphatic hydroxyl groups is 2. The van der Waals surface area contributed by atoms with Gasteiger partial charge in [-0.05, 0) is 149 Å². The van der Waals surface area contributed by atoms with Crippen LogP contribution in [0.1, 0.15) is 175 Å². The number of hydrogen-bond donors (Lipinski definition) is 12. The maximum atomic E-state index is 14.3. The van der Waals surface area contributed by atoms with Gasteiger partial charge >= 0.3 is 0 Å². The van der Waals surface area contributed by atoms with Crippen molar-refractivity contribution >= 4 is 65.4 Å². The minimum Gasteiger partial charge on any atom is -0.391 e. The molecule has 2 unspecified atom stereocenters. The molecule has 4 aliphatic rings. The minimum absolute atomic E-state index is 0.193. The van der Waals surface area contributed by atoms with E-state index in [9.17, 15) is 63.0 Å². The van der Waals surface area contributed by atoms with Gasteiger partial charge < -0.3 is 89.4 Å². The van der Waals surface area contributed by atoms with Crippen molar-refractivity contribution in [2.24, 2.45) is 22.9 Å². The van der Waals surface area contributed by atoms with E-state index in [0.29, 0.717) is 135 Å². The highest BCUT2D eigenvalue weighted by Crippen LogP contribution is 2.29. The lowest BCUT2D eigenvalue weighted by Crippen LogP contribution is -2.59. The van der Waals surface area contributed by atoms with Crippen LogP contribution in [0, 0.1) is 0 Å². The summed E-state index contributed by atoms with van der Waals surface area (Å²) in [5, 5.41) is 36.5. The number of nitrogens with two attached hydrogens (primary N) is 4. The van der Waals surface area contributed by atoms with E-state index in [1.54, 1.807) is 0 Å². The molecule has 85 heavy (non-hydrogen) atoms. The lowest BCUT2D eigenvalue weighted by atomic mass is 10.0. The third-order valence-corrected chi connectivity index (χ3v) is 16.8. The molecule has 27 nitrogen and oxygen atoms in total. The Balaban J connectivity index is 1.31. The molecule has 4 saturated heterocycles. The van der Waals surface area contributed by atoms with Crippen LogP contribution in [-0.2, 0) is 52.7 Å². The summed E-state index contributed by atoms with van der Waals surface area (Å²) in [5.74, 6) is -5.14. The zero-order chi connectivity index (χ0) is 62.8. The van der Waals surface area contributed by atoms with Gasteiger partial charge in [-0.25, -0.2) is 0 Å². The van der Waals surface area contributed by atoms with Gasteiger partial charge in [0, 0.05) is 32.7 Å². The quantitative estimate of drug-likeness (QED) is 0.0234. The zero-order valence-electron chi connectivity index (χ0n) is 50.8. The molecule has 4 aliphatic heterocycles. The van der Waals surface area contributed by atoms with Gasteiger partial charge in [0.1, 0.15) is 66.7 Å². The lowest BCUT2D eigenvalue weighted by Gasteiger charge is -2.33. The van der Waals surface area contributed by atoms with Gasteiger partial charge in [-0.1, -0.05) is 39.5 Å². The van der Waals surface area contributed by atoms with E-state index in [1.807, 2.05) is 13.8 Å². The second-order valence-electron chi connectivity index (χ2n) is 23.4. The monoisotopic (exact) mass is 1200 g/mol. The molecule has 4 rings (SSSR count). The molecule has 16 N–H and O–H groups in total. The van der Waals surface area contributed by atoms with E-state index in [1.165, 1.54) is 33.4 Å². The fourth-order valence-electron chi connectivity index (χ4n) is 11.6. The van der Waals surface area contributed by atoms with Crippen molar-refractivity contribution in [1.82, 2.24) is 51.5 Å². The van der Waals surface area contributed by atoms with Crippen molar-refractivity contribution < 1.29 is 63.0 Å². The number of nitrogens with zero attached hydrogens (tertiary/aromatic N) is 4. The van der Waals surface area contributed by atoms with E-state index in [4.69, 9.17) is 22.9 Å². The Kier molecular flexibility index (Phi) is 31.1. The molecule has 10 amide bonds. The molecule has 13 atom stereocenters. The molecule has 0 aliphatic carbocycles. The fraction of sp³-hybridized carbons (Fsp3) is 0.810. The number of carbonyl (C=O) groups excluding carboxylic acids is 11. The van der Waals surface area contributed by atoms with Gasteiger partial charge in [0.2, 0.25) is 59.1 Å². The molecule has 0 aromatic heterocycles. The summed E-state index contributed by atoms with van der Waals surface area (Å²) in [7, 11) is 0. The van der Waals surface area contributed by atoms with Crippen molar-refractivity contribution in [3.8, 4) is 0 Å².